The standard InChI is InChI=1S/C19H20N2O3/c1-19(2,3)24-18(23)13-11-12-14(8-6-9-16(12)22)21-17(13)15-7-4-5-10-20-15/h4-5,7,10-11H,6,8-9H2,1-3H3. The zero-order chi connectivity index (χ0) is 17.3. The van der Waals surface area contributed by atoms with Crippen molar-refractivity contribution in [3.63, 3.8) is 0 Å². The molecular formula is C19H20N2O3. The van der Waals surface area contributed by atoms with Gasteiger partial charge in [0.2, 0.25) is 0 Å². The minimum atomic E-state index is -0.627. The molecule has 3 rings (SSSR count). The van der Waals surface area contributed by atoms with Crippen LogP contribution >= 0.6 is 0 Å². The number of hydrogen-bond acceptors (Lipinski definition) is 5. The van der Waals surface area contributed by atoms with Crippen LogP contribution in [0.5, 0.6) is 0 Å². The molecule has 0 radical (unpaired) electrons. The smallest absolute Gasteiger partial charge is 0.340 e. The lowest BCUT2D eigenvalue weighted by Gasteiger charge is -2.22. The molecule has 0 unspecified atom stereocenters. The van der Waals surface area contributed by atoms with Crippen LogP contribution in [0.4, 0.5) is 0 Å². The first-order chi connectivity index (χ1) is 11.3. The maximum Gasteiger partial charge on any atom is 0.340 e. The first-order valence-electron chi connectivity index (χ1n) is 8.07. The number of fused-ring (bicyclic) bond motifs is 1. The van der Waals surface area contributed by atoms with Crippen LogP contribution in [-0.2, 0) is 11.2 Å². The summed E-state index contributed by atoms with van der Waals surface area (Å²) in [5.41, 5.74) is 1.99. The van der Waals surface area contributed by atoms with Crippen LogP contribution in [0.15, 0.2) is 30.5 Å². The second-order valence-electron chi connectivity index (χ2n) is 6.87. The summed E-state index contributed by atoms with van der Waals surface area (Å²) in [5, 5.41) is 0. The Balaban J connectivity index is 2.15. The molecule has 0 N–H and O–H groups in total. The van der Waals surface area contributed by atoms with E-state index in [1.807, 2.05) is 26.8 Å². The summed E-state index contributed by atoms with van der Waals surface area (Å²) < 4.78 is 5.49. The molecule has 0 bridgehead atoms. The van der Waals surface area contributed by atoms with Crippen LogP contribution in [0.3, 0.4) is 0 Å². The highest BCUT2D eigenvalue weighted by Crippen LogP contribution is 2.28. The lowest BCUT2D eigenvalue weighted by atomic mass is 9.92. The van der Waals surface area contributed by atoms with E-state index in [-0.39, 0.29) is 11.3 Å². The van der Waals surface area contributed by atoms with Crippen molar-refractivity contribution < 1.29 is 14.3 Å². The number of hydrogen-bond donors (Lipinski definition) is 0. The maximum atomic E-state index is 12.6. The predicted molar refractivity (Wildman–Crippen MR) is 89.9 cm³/mol. The van der Waals surface area contributed by atoms with E-state index in [4.69, 9.17) is 4.74 Å². The van der Waals surface area contributed by atoms with Gasteiger partial charge in [-0.25, -0.2) is 9.78 Å². The Bertz CT molecular complexity index is 792. The van der Waals surface area contributed by atoms with Crippen LogP contribution in [0, 0.1) is 0 Å². The number of nitrogens with zero attached hydrogens (tertiary/aromatic N) is 2. The first kappa shape index (κ1) is 16.3. The maximum absolute atomic E-state index is 12.6. The molecule has 0 atom stereocenters. The molecule has 24 heavy (non-hydrogen) atoms. The molecule has 124 valence electrons. The third kappa shape index (κ3) is 3.35. The summed E-state index contributed by atoms with van der Waals surface area (Å²) in [6.45, 7) is 5.42. The predicted octanol–water partition coefficient (Wildman–Crippen LogP) is 3.62. The molecule has 0 aromatic carbocycles. The minimum absolute atomic E-state index is 0.0288. The SMILES string of the molecule is CC(C)(C)OC(=O)c1cc2c(nc1-c1ccccn1)CCCC2=O. The summed E-state index contributed by atoms with van der Waals surface area (Å²) in [7, 11) is 0. The van der Waals surface area contributed by atoms with Crippen molar-refractivity contribution in [3.8, 4) is 11.4 Å². The number of aromatic nitrogens is 2. The van der Waals surface area contributed by atoms with Crippen molar-refractivity contribution in [3.05, 3.63) is 47.3 Å². The van der Waals surface area contributed by atoms with Gasteiger partial charge in [-0.05, 0) is 51.8 Å². The van der Waals surface area contributed by atoms with E-state index in [9.17, 15) is 9.59 Å². The molecule has 0 amide bonds. The van der Waals surface area contributed by atoms with E-state index in [0.29, 0.717) is 23.4 Å². The monoisotopic (exact) mass is 324 g/mol. The van der Waals surface area contributed by atoms with Gasteiger partial charge in [-0.15, -0.1) is 0 Å². The average Bonchev–Trinajstić information content (AvgIpc) is 2.53. The Morgan fingerprint density at radius 2 is 2.00 bits per heavy atom. The Morgan fingerprint density at radius 1 is 1.21 bits per heavy atom. The zero-order valence-corrected chi connectivity index (χ0v) is 14.1. The van der Waals surface area contributed by atoms with E-state index >= 15 is 0 Å². The van der Waals surface area contributed by atoms with Crippen LogP contribution in [0.2, 0.25) is 0 Å². The number of carbonyl (C=O) groups excluding carboxylic acids is 2. The quantitative estimate of drug-likeness (QED) is 0.789. The molecule has 0 spiro atoms. The molecule has 1 aliphatic carbocycles. The molecule has 2 aromatic rings. The number of ketones is 1. The van der Waals surface area contributed by atoms with Crippen molar-refractivity contribution in [2.45, 2.75) is 45.6 Å². The lowest BCUT2D eigenvalue weighted by Crippen LogP contribution is -2.25. The van der Waals surface area contributed by atoms with Crippen LogP contribution in [-0.4, -0.2) is 27.3 Å². The molecule has 0 saturated carbocycles. The fourth-order valence-electron chi connectivity index (χ4n) is 2.72. The summed E-state index contributed by atoms with van der Waals surface area (Å²) in [5.74, 6) is -0.460. The van der Waals surface area contributed by atoms with Crippen molar-refractivity contribution in [1.29, 1.82) is 0 Å². The molecule has 5 nitrogen and oxygen atoms in total. The highest BCUT2D eigenvalue weighted by atomic mass is 16.6. The summed E-state index contributed by atoms with van der Waals surface area (Å²) >= 11 is 0. The third-order valence-corrected chi connectivity index (χ3v) is 3.75. The Labute approximate surface area is 141 Å². The Hall–Kier alpha value is -2.56. The van der Waals surface area contributed by atoms with Gasteiger partial charge in [-0.3, -0.25) is 9.78 Å². The third-order valence-electron chi connectivity index (χ3n) is 3.75. The van der Waals surface area contributed by atoms with Crippen LogP contribution < -0.4 is 0 Å². The van der Waals surface area contributed by atoms with Crippen molar-refractivity contribution >= 4 is 11.8 Å². The number of rotatable bonds is 2. The van der Waals surface area contributed by atoms with Gasteiger partial charge in [0.25, 0.3) is 0 Å². The largest absolute Gasteiger partial charge is 0.456 e. The van der Waals surface area contributed by atoms with Gasteiger partial charge in [0, 0.05) is 18.2 Å². The lowest BCUT2D eigenvalue weighted by molar-refractivity contribution is 0.00700. The topological polar surface area (TPSA) is 69.2 Å². The van der Waals surface area contributed by atoms with Gasteiger partial charge in [-0.1, -0.05) is 6.07 Å². The number of pyridine rings is 2. The fraction of sp³-hybridized carbons (Fsp3) is 0.368. The Morgan fingerprint density at radius 3 is 2.67 bits per heavy atom. The minimum Gasteiger partial charge on any atom is -0.456 e. The molecule has 0 saturated heterocycles. The molecular weight excluding hydrogens is 304 g/mol. The van der Waals surface area contributed by atoms with E-state index < -0.39 is 11.6 Å². The first-order valence-corrected chi connectivity index (χ1v) is 8.07. The molecule has 2 aromatic heterocycles. The molecule has 0 aliphatic heterocycles. The summed E-state index contributed by atoms with van der Waals surface area (Å²) in [6, 6.07) is 7.07. The van der Waals surface area contributed by atoms with Crippen LogP contribution in [0.25, 0.3) is 11.4 Å². The molecule has 2 heterocycles. The van der Waals surface area contributed by atoms with Gasteiger partial charge in [0.15, 0.2) is 5.78 Å². The van der Waals surface area contributed by atoms with Gasteiger partial charge in [0.05, 0.1) is 17.0 Å². The summed E-state index contributed by atoms with van der Waals surface area (Å²) in [6.07, 6.45) is 3.66. The highest BCUT2D eigenvalue weighted by Gasteiger charge is 2.27. The van der Waals surface area contributed by atoms with Crippen LogP contribution in [0.1, 0.15) is 60.0 Å². The average molecular weight is 324 g/mol. The number of esters is 1. The van der Waals surface area contributed by atoms with Gasteiger partial charge in [-0.2, -0.15) is 0 Å². The van der Waals surface area contributed by atoms with E-state index in [1.54, 1.807) is 24.4 Å². The van der Waals surface area contributed by atoms with Gasteiger partial charge < -0.3 is 4.74 Å². The van der Waals surface area contributed by atoms with E-state index in [2.05, 4.69) is 9.97 Å². The molecule has 0 fully saturated rings. The number of Topliss-reactive ketones (excluding diaryl/α,β-unsaturated/α-hetero) is 1. The normalized spacial score (nSPS) is 14.2. The van der Waals surface area contributed by atoms with Crippen molar-refractivity contribution in [1.82, 2.24) is 9.97 Å². The number of aryl methyl sites for hydroxylation is 1. The van der Waals surface area contributed by atoms with E-state index in [0.717, 1.165) is 18.5 Å². The fourth-order valence-corrected chi connectivity index (χ4v) is 2.72. The van der Waals surface area contributed by atoms with Gasteiger partial charge >= 0.3 is 5.97 Å². The van der Waals surface area contributed by atoms with E-state index in [1.165, 1.54) is 0 Å². The Kier molecular flexibility index (Phi) is 4.18. The second-order valence-corrected chi connectivity index (χ2v) is 6.87. The van der Waals surface area contributed by atoms with Crippen molar-refractivity contribution in [2.75, 3.05) is 0 Å². The summed E-state index contributed by atoms with van der Waals surface area (Å²) in [4.78, 5) is 33.7. The number of carbonyl (C=O) groups is 2. The van der Waals surface area contributed by atoms with Gasteiger partial charge in [0.1, 0.15) is 11.3 Å². The number of ether oxygens (including phenoxy) is 1. The highest BCUT2D eigenvalue weighted by molar-refractivity contribution is 6.03. The molecule has 5 heteroatoms. The zero-order valence-electron chi connectivity index (χ0n) is 14.1. The molecule has 1 aliphatic rings. The van der Waals surface area contributed by atoms with Crippen molar-refractivity contribution in [2.24, 2.45) is 0 Å². The second kappa shape index (κ2) is 6.15.